The first-order valence-corrected chi connectivity index (χ1v) is 12.0. The maximum atomic E-state index is 12.3. The maximum Gasteiger partial charge on any atom is 0.251 e. The Labute approximate surface area is 168 Å². The summed E-state index contributed by atoms with van der Waals surface area (Å²) in [5, 5.41) is 11.7. The van der Waals surface area contributed by atoms with Crippen LogP contribution in [-0.2, 0) is 17.6 Å². The van der Waals surface area contributed by atoms with Gasteiger partial charge in [0.15, 0.2) is 8.68 Å². The number of nitrogens with two attached hydrogens (primary N) is 1. The number of thiophene rings is 1. The van der Waals surface area contributed by atoms with Crippen LogP contribution in [0.5, 0.6) is 0 Å². The number of anilines is 1. The Morgan fingerprint density at radius 2 is 1.96 bits per heavy atom. The molecule has 3 rings (SSSR count). The highest BCUT2D eigenvalue weighted by atomic mass is 32.2. The highest BCUT2D eigenvalue weighted by Crippen LogP contribution is 2.39. The smallest absolute Gasteiger partial charge is 0.251 e. The van der Waals surface area contributed by atoms with Crippen molar-refractivity contribution in [3.8, 4) is 0 Å². The monoisotopic (exact) mass is 428 g/mol. The Hall–Kier alpha value is -1.10. The number of unbranched alkanes of at least 4 members (excludes halogenated alkanes) is 1. The first-order valence-electron chi connectivity index (χ1n) is 8.41. The van der Waals surface area contributed by atoms with E-state index in [9.17, 15) is 9.59 Å². The van der Waals surface area contributed by atoms with Gasteiger partial charge in [0.05, 0.1) is 11.3 Å². The van der Waals surface area contributed by atoms with Crippen molar-refractivity contribution in [3.63, 3.8) is 0 Å². The summed E-state index contributed by atoms with van der Waals surface area (Å²) in [5.41, 5.74) is 7.03. The lowest BCUT2D eigenvalue weighted by atomic mass is 10.1. The molecule has 0 atom stereocenters. The first kappa shape index (κ1) is 19.7. The van der Waals surface area contributed by atoms with Gasteiger partial charge in [-0.15, -0.1) is 21.5 Å². The fourth-order valence-corrected chi connectivity index (χ4v) is 6.95. The lowest BCUT2D eigenvalue weighted by Crippen LogP contribution is -2.18. The van der Waals surface area contributed by atoms with Crippen LogP contribution >= 0.6 is 46.2 Å². The van der Waals surface area contributed by atoms with E-state index in [1.807, 2.05) is 0 Å². The molecule has 1 aliphatic carbocycles. The lowest BCUT2D eigenvalue weighted by Gasteiger charge is -2.05. The fourth-order valence-electron chi connectivity index (χ4n) is 2.66. The lowest BCUT2D eigenvalue weighted by molar-refractivity contribution is -0.113. The van der Waals surface area contributed by atoms with Gasteiger partial charge < -0.3 is 11.1 Å². The Morgan fingerprint density at radius 1 is 1.19 bits per heavy atom. The third-order valence-corrected chi connectivity index (χ3v) is 8.34. The molecule has 6 nitrogen and oxygen atoms in total. The molecule has 26 heavy (non-hydrogen) atoms. The van der Waals surface area contributed by atoms with Gasteiger partial charge in [-0.05, 0) is 31.2 Å². The van der Waals surface area contributed by atoms with E-state index in [1.165, 1.54) is 39.3 Å². The number of hydrogen-bond acceptors (Lipinski definition) is 8. The number of rotatable bonds is 9. The number of primary amides is 1. The van der Waals surface area contributed by atoms with Gasteiger partial charge in [0.25, 0.3) is 5.91 Å². The number of amides is 2. The van der Waals surface area contributed by atoms with Crippen molar-refractivity contribution < 1.29 is 9.59 Å². The molecule has 2 heterocycles. The molecule has 2 aromatic rings. The summed E-state index contributed by atoms with van der Waals surface area (Å²) >= 11 is 6.05. The van der Waals surface area contributed by atoms with Crippen LogP contribution in [0.4, 0.5) is 5.00 Å². The van der Waals surface area contributed by atoms with Crippen molar-refractivity contribution in [2.45, 2.75) is 47.7 Å². The molecular formula is C16H20N4O2S4. The molecule has 2 amide bonds. The Balaban J connectivity index is 1.54. The molecular weight excluding hydrogens is 408 g/mol. The van der Waals surface area contributed by atoms with Crippen LogP contribution < -0.4 is 11.1 Å². The van der Waals surface area contributed by atoms with Crippen molar-refractivity contribution >= 4 is 63.0 Å². The van der Waals surface area contributed by atoms with Crippen LogP contribution in [0.1, 0.15) is 47.0 Å². The van der Waals surface area contributed by atoms with Gasteiger partial charge in [-0.25, -0.2) is 0 Å². The van der Waals surface area contributed by atoms with Gasteiger partial charge in [-0.2, -0.15) is 0 Å². The van der Waals surface area contributed by atoms with Crippen molar-refractivity contribution in [3.05, 3.63) is 16.0 Å². The van der Waals surface area contributed by atoms with Crippen molar-refractivity contribution in [2.75, 3.05) is 16.8 Å². The zero-order valence-electron chi connectivity index (χ0n) is 14.4. The zero-order valence-corrected chi connectivity index (χ0v) is 17.6. The predicted molar refractivity (Wildman–Crippen MR) is 110 cm³/mol. The number of hydrogen-bond donors (Lipinski definition) is 2. The van der Waals surface area contributed by atoms with Crippen molar-refractivity contribution in [1.29, 1.82) is 0 Å². The third-order valence-electron chi connectivity index (χ3n) is 3.86. The minimum atomic E-state index is -0.467. The number of aromatic nitrogens is 2. The molecule has 1 aliphatic rings. The van der Waals surface area contributed by atoms with Crippen LogP contribution in [0, 0.1) is 0 Å². The highest BCUT2D eigenvalue weighted by Gasteiger charge is 2.26. The summed E-state index contributed by atoms with van der Waals surface area (Å²) in [6.07, 6.45) is 5.17. The summed E-state index contributed by atoms with van der Waals surface area (Å²) in [6.45, 7) is 2.16. The molecule has 0 saturated heterocycles. The summed E-state index contributed by atoms with van der Waals surface area (Å²) in [7, 11) is 0. The van der Waals surface area contributed by atoms with E-state index < -0.39 is 5.91 Å². The minimum absolute atomic E-state index is 0.159. The molecule has 0 fully saturated rings. The molecule has 0 bridgehead atoms. The molecule has 3 N–H and O–H groups in total. The van der Waals surface area contributed by atoms with Crippen LogP contribution in [0.15, 0.2) is 8.68 Å². The van der Waals surface area contributed by atoms with E-state index in [0.29, 0.717) is 10.6 Å². The van der Waals surface area contributed by atoms with Crippen molar-refractivity contribution in [1.82, 2.24) is 10.2 Å². The number of fused-ring (bicyclic) bond motifs is 1. The maximum absolute atomic E-state index is 12.3. The van der Waals surface area contributed by atoms with Gasteiger partial charge >= 0.3 is 0 Å². The van der Waals surface area contributed by atoms with Crippen molar-refractivity contribution in [2.24, 2.45) is 5.73 Å². The topological polar surface area (TPSA) is 98.0 Å². The van der Waals surface area contributed by atoms with Gasteiger partial charge in [0.2, 0.25) is 5.91 Å². The minimum Gasteiger partial charge on any atom is -0.365 e. The van der Waals surface area contributed by atoms with Crippen LogP contribution in [0.2, 0.25) is 0 Å². The molecule has 0 aromatic carbocycles. The molecule has 10 heteroatoms. The SMILES string of the molecule is CCCCSc1nnc(SCC(=O)Nc2sc3c(c2C(N)=O)CCC3)s1. The number of nitrogens with one attached hydrogen (secondary N) is 1. The van der Waals surface area contributed by atoms with Crippen LogP contribution in [0.3, 0.4) is 0 Å². The first-order chi connectivity index (χ1) is 12.6. The zero-order chi connectivity index (χ0) is 18.5. The molecule has 0 aliphatic heterocycles. The average molecular weight is 429 g/mol. The number of carbonyl (C=O) groups excluding carboxylic acids is 2. The van der Waals surface area contributed by atoms with E-state index in [0.717, 1.165) is 52.1 Å². The summed E-state index contributed by atoms with van der Waals surface area (Å²) in [5.74, 6) is 0.641. The average Bonchev–Trinajstić information content (AvgIpc) is 3.28. The fraction of sp³-hybridized carbons (Fsp3) is 0.500. The van der Waals surface area contributed by atoms with E-state index in [4.69, 9.17) is 5.73 Å². The summed E-state index contributed by atoms with van der Waals surface area (Å²) in [4.78, 5) is 25.2. The number of carbonyl (C=O) groups is 2. The summed E-state index contributed by atoms with van der Waals surface area (Å²) < 4.78 is 1.72. The Morgan fingerprint density at radius 3 is 2.69 bits per heavy atom. The van der Waals surface area contributed by atoms with Gasteiger partial charge in [-0.1, -0.05) is 48.2 Å². The molecule has 140 valence electrons. The summed E-state index contributed by atoms with van der Waals surface area (Å²) in [6, 6.07) is 0. The van der Waals surface area contributed by atoms with Gasteiger partial charge in [0, 0.05) is 10.6 Å². The molecule has 0 spiro atoms. The molecule has 0 radical (unpaired) electrons. The van der Waals surface area contributed by atoms with E-state index in [2.05, 4.69) is 22.4 Å². The highest BCUT2D eigenvalue weighted by molar-refractivity contribution is 8.03. The van der Waals surface area contributed by atoms with E-state index >= 15 is 0 Å². The largest absolute Gasteiger partial charge is 0.365 e. The second-order valence-electron chi connectivity index (χ2n) is 5.80. The van der Waals surface area contributed by atoms with Gasteiger partial charge in [0.1, 0.15) is 5.00 Å². The quantitative estimate of drug-likeness (QED) is 0.465. The molecule has 0 saturated carbocycles. The Kier molecular flexibility index (Phi) is 6.96. The van der Waals surface area contributed by atoms with E-state index in [-0.39, 0.29) is 11.7 Å². The standard InChI is InChI=1S/C16H20N4O2S4/c1-2-3-7-23-15-19-20-16(26-15)24-8-11(21)18-14-12(13(17)22)9-5-4-6-10(9)25-14/h2-8H2,1H3,(H2,17,22)(H,18,21). The molecule has 2 aromatic heterocycles. The third kappa shape index (κ3) is 4.79. The second-order valence-corrected chi connectivity index (χ2v) is 10.4. The van der Waals surface area contributed by atoms with Crippen LogP contribution in [-0.4, -0.2) is 33.5 Å². The Bertz CT molecular complexity index is 802. The second kappa shape index (κ2) is 9.20. The van der Waals surface area contributed by atoms with Gasteiger partial charge in [-0.3, -0.25) is 9.59 Å². The number of nitrogens with zero attached hydrogens (tertiary/aromatic N) is 2. The molecule has 0 unspecified atom stereocenters. The predicted octanol–water partition coefficient (Wildman–Crippen LogP) is 3.81. The number of aryl methyl sites for hydroxylation is 1. The number of thioether (sulfide) groups is 2. The van der Waals surface area contributed by atoms with E-state index in [1.54, 1.807) is 11.8 Å². The normalized spacial score (nSPS) is 13.0. The van der Waals surface area contributed by atoms with Crippen LogP contribution in [0.25, 0.3) is 0 Å².